The van der Waals surface area contributed by atoms with Gasteiger partial charge in [-0.25, -0.2) is 4.79 Å². The highest BCUT2D eigenvalue weighted by Crippen LogP contribution is 2.36. The molecule has 0 N–H and O–H groups in total. The molecule has 0 saturated carbocycles. The van der Waals surface area contributed by atoms with Crippen LogP contribution in [0, 0.1) is 0 Å². The minimum Gasteiger partial charge on any atom is -0.458 e. The Bertz CT molecular complexity index is 1110. The molecule has 1 aromatic heterocycles. The van der Waals surface area contributed by atoms with Gasteiger partial charge in [0.05, 0.1) is 6.61 Å². The molecule has 2 atom stereocenters. The predicted octanol–water partition coefficient (Wildman–Crippen LogP) is 5.09. The van der Waals surface area contributed by atoms with E-state index in [2.05, 4.69) is 0 Å². The van der Waals surface area contributed by atoms with Gasteiger partial charge in [0.2, 0.25) is 0 Å². The molecule has 1 aliphatic rings. The Hall–Kier alpha value is -2.36. The minimum atomic E-state index is -4.58. The fraction of sp³-hybridized carbons (Fsp3) is 0.500. The molecule has 0 radical (unpaired) electrons. The molecule has 1 aliphatic heterocycles. The van der Waals surface area contributed by atoms with Gasteiger partial charge in [0, 0.05) is 49.4 Å². The number of alkyl halides is 3. The van der Waals surface area contributed by atoms with Crippen molar-refractivity contribution in [1.82, 2.24) is 4.57 Å². The first-order chi connectivity index (χ1) is 15.8. The van der Waals surface area contributed by atoms with E-state index in [4.69, 9.17) is 25.8 Å². The maximum Gasteiger partial charge on any atom is 0.414 e. The van der Waals surface area contributed by atoms with Crippen molar-refractivity contribution in [2.45, 2.75) is 64.1 Å². The molecule has 3 rings (SSSR count). The summed E-state index contributed by atoms with van der Waals surface area (Å²) in [6, 6.07) is 4.81. The first-order valence-corrected chi connectivity index (χ1v) is 11.1. The van der Waals surface area contributed by atoms with Crippen LogP contribution in [0.5, 0.6) is 0 Å². The smallest absolute Gasteiger partial charge is 0.414 e. The lowest BCUT2D eigenvalue weighted by atomic mass is 9.92. The van der Waals surface area contributed by atoms with Gasteiger partial charge in [-0.15, -0.1) is 0 Å². The molecule has 1 aromatic carbocycles. The molecule has 10 heteroatoms. The highest BCUT2D eigenvalue weighted by atomic mass is 35.5. The summed E-state index contributed by atoms with van der Waals surface area (Å²) >= 11 is 6.13. The van der Waals surface area contributed by atoms with Crippen molar-refractivity contribution in [2.24, 2.45) is 0 Å². The number of benzene rings is 1. The molecule has 2 aromatic rings. The van der Waals surface area contributed by atoms with E-state index in [1.54, 1.807) is 20.8 Å². The van der Waals surface area contributed by atoms with Crippen LogP contribution < -0.4 is 5.56 Å². The highest BCUT2D eigenvalue weighted by Gasteiger charge is 2.42. The van der Waals surface area contributed by atoms with Crippen molar-refractivity contribution in [3.63, 3.8) is 0 Å². The summed E-state index contributed by atoms with van der Waals surface area (Å²) in [4.78, 5) is 26.0. The predicted molar refractivity (Wildman–Crippen MR) is 121 cm³/mol. The van der Waals surface area contributed by atoms with Gasteiger partial charge in [-0.3, -0.25) is 4.79 Å². The quantitative estimate of drug-likeness (QED) is 0.534. The largest absolute Gasteiger partial charge is 0.458 e. The Balaban J connectivity index is 2.14. The summed E-state index contributed by atoms with van der Waals surface area (Å²) < 4.78 is 57.8. The van der Waals surface area contributed by atoms with Gasteiger partial charge in [-0.1, -0.05) is 17.7 Å². The molecule has 6 nitrogen and oxygen atoms in total. The van der Waals surface area contributed by atoms with E-state index in [1.807, 2.05) is 0 Å². The van der Waals surface area contributed by atoms with Gasteiger partial charge in [0.1, 0.15) is 11.6 Å². The van der Waals surface area contributed by atoms with Crippen molar-refractivity contribution in [3.8, 4) is 11.1 Å². The van der Waals surface area contributed by atoms with E-state index in [0.29, 0.717) is 27.3 Å². The van der Waals surface area contributed by atoms with E-state index in [9.17, 15) is 22.8 Å². The average Bonchev–Trinajstić information content (AvgIpc) is 2.70. The van der Waals surface area contributed by atoms with Crippen LogP contribution in [-0.2, 0) is 32.0 Å². The van der Waals surface area contributed by atoms with Crippen LogP contribution in [0.1, 0.15) is 44.4 Å². The Labute approximate surface area is 200 Å². The van der Waals surface area contributed by atoms with E-state index < -0.39 is 48.5 Å². The van der Waals surface area contributed by atoms with Gasteiger partial charge in [0.15, 0.2) is 6.10 Å². The van der Waals surface area contributed by atoms with Gasteiger partial charge in [0.25, 0.3) is 5.56 Å². The molecule has 34 heavy (non-hydrogen) atoms. The van der Waals surface area contributed by atoms with Crippen molar-refractivity contribution in [1.29, 1.82) is 0 Å². The fourth-order valence-corrected chi connectivity index (χ4v) is 3.98. The number of fused-ring (bicyclic) bond motifs is 3. The SMILES string of the molecule is COCCC(C(=O)OC(C)(C)C)n1cc2c(cc1=O)-c1cc(Cl)ccc1CC(C(F)(F)F)OC2. The van der Waals surface area contributed by atoms with Crippen molar-refractivity contribution >= 4 is 17.6 Å². The number of aromatic nitrogens is 1. The molecule has 0 fully saturated rings. The number of methoxy groups -OCH3 is 1. The minimum absolute atomic E-state index is 0.137. The van der Waals surface area contributed by atoms with Crippen molar-refractivity contribution < 1.29 is 32.2 Å². The Morgan fingerprint density at radius 1 is 1.21 bits per heavy atom. The topological polar surface area (TPSA) is 66.8 Å². The number of esters is 1. The summed E-state index contributed by atoms with van der Waals surface area (Å²) in [6.45, 7) is 4.86. The van der Waals surface area contributed by atoms with Crippen LogP contribution in [0.3, 0.4) is 0 Å². The molecule has 0 amide bonds. The maximum absolute atomic E-state index is 13.6. The molecule has 2 heterocycles. The zero-order valence-electron chi connectivity index (χ0n) is 19.4. The van der Waals surface area contributed by atoms with Crippen LogP contribution in [0.15, 0.2) is 35.3 Å². The first kappa shape index (κ1) is 26.2. The molecule has 2 unspecified atom stereocenters. The number of rotatable bonds is 5. The molecular weight excluding hydrogens is 475 g/mol. The Morgan fingerprint density at radius 2 is 1.88 bits per heavy atom. The normalized spacial score (nSPS) is 17.2. The van der Waals surface area contributed by atoms with Crippen molar-refractivity contribution in [3.05, 3.63) is 57.0 Å². The number of carbonyl (C=O) groups excluding carboxylic acids is 1. The fourth-order valence-electron chi connectivity index (χ4n) is 3.81. The summed E-state index contributed by atoms with van der Waals surface area (Å²) in [7, 11) is 1.46. The third-order valence-corrected chi connectivity index (χ3v) is 5.58. The lowest BCUT2D eigenvalue weighted by Gasteiger charge is -2.28. The summed E-state index contributed by atoms with van der Waals surface area (Å²) in [5, 5.41) is 0.325. The number of pyridine rings is 1. The van der Waals surface area contributed by atoms with Gasteiger partial charge >= 0.3 is 12.1 Å². The highest BCUT2D eigenvalue weighted by molar-refractivity contribution is 6.30. The summed E-state index contributed by atoms with van der Waals surface area (Å²) in [5.41, 5.74) is 0.207. The lowest BCUT2D eigenvalue weighted by Crippen LogP contribution is -2.37. The van der Waals surface area contributed by atoms with Crippen LogP contribution in [0.25, 0.3) is 11.1 Å². The van der Waals surface area contributed by atoms with E-state index in [-0.39, 0.29) is 13.0 Å². The van der Waals surface area contributed by atoms with E-state index in [1.165, 1.54) is 42.1 Å². The zero-order valence-corrected chi connectivity index (χ0v) is 20.1. The second-order valence-corrected chi connectivity index (χ2v) is 9.57. The molecule has 186 valence electrons. The number of halogens is 4. The monoisotopic (exact) mass is 501 g/mol. The Morgan fingerprint density at radius 3 is 2.50 bits per heavy atom. The van der Waals surface area contributed by atoms with Crippen molar-refractivity contribution in [2.75, 3.05) is 13.7 Å². The van der Waals surface area contributed by atoms with Gasteiger partial charge in [-0.2, -0.15) is 13.2 Å². The summed E-state index contributed by atoms with van der Waals surface area (Å²) in [5.74, 6) is -0.644. The molecule has 0 bridgehead atoms. The van der Waals surface area contributed by atoms with Crippen LogP contribution in [0.4, 0.5) is 13.2 Å². The third-order valence-electron chi connectivity index (χ3n) is 5.35. The molecule has 0 spiro atoms. The lowest BCUT2D eigenvalue weighted by molar-refractivity contribution is -0.223. The second-order valence-electron chi connectivity index (χ2n) is 9.14. The number of hydrogen-bond donors (Lipinski definition) is 0. The number of hydrogen-bond acceptors (Lipinski definition) is 5. The van der Waals surface area contributed by atoms with E-state index >= 15 is 0 Å². The standard InChI is InChI=1S/C24H27ClF3NO5/c1-23(2,3)34-22(31)19(7-8-32-4)29-12-15-13-33-20(24(26,27)28)9-14-5-6-16(25)10-17(14)18(15)11-21(29)30/h5-6,10-12,19-20H,7-9,13H2,1-4H3. The van der Waals surface area contributed by atoms with Crippen LogP contribution in [0.2, 0.25) is 5.02 Å². The first-order valence-electron chi connectivity index (χ1n) is 10.7. The average molecular weight is 502 g/mol. The zero-order chi connectivity index (χ0) is 25.3. The maximum atomic E-state index is 13.6. The van der Waals surface area contributed by atoms with Gasteiger partial charge in [-0.05, 0) is 49.6 Å². The van der Waals surface area contributed by atoms with E-state index in [0.717, 1.165) is 0 Å². The summed E-state index contributed by atoms with van der Waals surface area (Å²) in [6.07, 6.45) is -5.52. The molecule has 0 aliphatic carbocycles. The number of carbonyl (C=O) groups is 1. The number of nitrogens with zero attached hydrogens (tertiary/aromatic N) is 1. The molecule has 0 saturated heterocycles. The third kappa shape index (κ3) is 6.20. The Kier molecular flexibility index (Phi) is 7.79. The number of ether oxygens (including phenoxy) is 3. The van der Waals surface area contributed by atoms with Gasteiger partial charge < -0.3 is 18.8 Å². The van der Waals surface area contributed by atoms with Crippen LogP contribution >= 0.6 is 11.6 Å². The van der Waals surface area contributed by atoms with Crippen LogP contribution in [-0.4, -0.2) is 42.1 Å². The molecular formula is C24H27ClF3NO5. The second kappa shape index (κ2) is 10.1.